The number of thiophene rings is 1. The minimum Gasteiger partial charge on any atom is -0.496 e. The highest BCUT2D eigenvalue weighted by Gasteiger charge is 2.17. The Balaban J connectivity index is 1.30. The molecular formula is C35H36N2O2S. The summed E-state index contributed by atoms with van der Waals surface area (Å²) >= 11 is 1.82. The van der Waals surface area contributed by atoms with E-state index in [1.807, 2.05) is 41.7 Å². The van der Waals surface area contributed by atoms with Crippen molar-refractivity contribution in [2.75, 3.05) is 32.5 Å². The van der Waals surface area contributed by atoms with Crippen LogP contribution in [-0.2, 0) is 19.4 Å². The number of methoxy groups -OCH3 is 1. The fraction of sp³-hybridized carbons (Fsp3) is 0.257. The molecular weight excluding hydrogens is 512 g/mol. The predicted molar refractivity (Wildman–Crippen MR) is 168 cm³/mol. The lowest BCUT2D eigenvalue weighted by atomic mass is 9.97. The summed E-state index contributed by atoms with van der Waals surface area (Å²) in [4.78, 5) is 3.83. The van der Waals surface area contributed by atoms with Crippen molar-refractivity contribution in [1.82, 2.24) is 4.90 Å². The highest BCUT2D eigenvalue weighted by atomic mass is 32.1. The SMILES string of the molecule is COc1cc(Cc2c(-c3ccc(N)cc3)sc3cc(OCc4ccccc4)ccc23)ccc1CCN1CCCC1. The first-order chi connectivity index (χ1) is 19.7. The van der Waals surface area contributed by atoms with Gasteiger partial charge in [0.05, 0.1) is 7.11 Å². The van der Waals surface area contributed by atoms with Crippen LogP contribution in [0.3, 0.4) is 0 Å². The van der Waals surface area contributed by atoms with Crippen molar-refractivity contribution in [2.24, 2.45) is 0 Å². The molecule has 0 unspecified atom stereocenters. The van der Waals surface area contributed by atoms with Crippen molar-refractivity contribution in [2.45, 2.75) is 32.3 Å². The van der Waals surface area contributed by atoms with Gasteiger partial charge in [0.1, 0.15) is 18.1 Å². The van der Waals surface area contributed by atoms with Crippen LogP contribution < -0.4 is 15.2 Å². The van der Waals surface area contributed by atoms with Crippen molar-refractivity contribution < 1.29 is 9.47 Å². The smallest absolute Gasteiger partial charge is 0.122 e. The van der Waals surface area contributed by atoms with Crippen LogP contribution in [0.25, 0.3) is 20.5 Å². The summed E-state index contributed by atoms with van der Waals surface area (Å²) in [5, 5.41) is 1.26. The Labute approximate surface area is 241 Å². The van der Waals surface area contributed by atoms with Gasteiger partial charge >= 0.3 is 0 Å². The fourth-order valence-electron chi connectivity index (χ4n) is 5.60. The predicted octanol–water partition coefficient (Wildman–Crippen LogP) is 7.97. The number of benzene rings is 4. The van der Waals surface area contributed by atoms with E-state index in [0.29, 0.717) is 6.61 Å². The van der Waals surface area contributed by atoms with Gasteiger partial charge in [0.25, 0.3) is 0 Å². The average molecular weight is 549 g/mol. The number of nitrogens with two attached hydrogens (primary N) is 1. The number of nitrogens with zero attached hydrogens (tertiary/aromatic N) is 1. The quantitative estimate of drug-likeness (QED) is 0.180. The number of hydrogen-bond donors (Lipinski definition) is 1. The highest BCUT2D eigenvalue weighted by molar-refractivity contribution is 7.22. The van der Waals surface area contributed by atoms with Gasteiger partial charge in [0.15, 0.2) is 0 Å². The molecule has 1 aromatic heterocycles. The second-order valence-corrected chi connectivity index (χ2v) is 11.6. The fourth-order valence-corrected chi connectivity index (χ4v) is 6.85. The van der Waals surface area contributed by atoms with E-state index in [1.54, 1.807) is 7.11 Å². The lowest BCUT2D eigenvalue weighted by molar-refractivity contribution is 0.306. The summed E-state index contributed by atoms with van der Waals surface area (Å²) < 4.78 is 13.3. The van der Waals surface area contributed by atoms with Gasteiger partial charge in [-0.3, -0.25) is 0 Å². The summed E-state index contributed by atoms with van der Waals surface area (Å²) in [6.07, 6.45) is 4.49. The van der Waals surface area contributed by atoms with Crippen molar-refractivity contribution in [3.63, 3.8) is 0 Å². The van der Waals surface area contributed by atoms with E-state index in [2.05, 4.69) is 65.6 Å². The first-order valence-corrected chi connectivity index (χ1v) is 14.9. The van der Waals surface area contributed by atoms with Gasteiger partial charge in [-0.15, -0.1) is 11.3 Å². The van der Waals surface area contributed by atoms with Crippen LogP contribution in [-0.4, -0.2) is 31.6 Å². The zero-order valence-electron chi connectivity index (χ0n) is 23.1. The number of hydrogen-bond acceptors (Lipinski definition) is 5. The maximum absolute atomic E-state index is 6.16. The van der Waals surface area contributed by atoms with Gasteiger partial charge in [-0.05, 0) is 108 Å². The lowest BCUT2D eigenvalue weighted by Crippen LogP contribution is -2.22. The molecule has 0 spiro atoms. The van der Waals surface area contributed by atoms with Crippen LogP contribution >= 0.6 is 11.3 Å². The minimum absolute atomic E-state index is 0.555. The standard InChI is InChI=1S/C35H36N2O2S/c1-38-33-22-26(9-10-27(33)17-20-37-18-5-6-19-37)21-32-31-16-15-30(39-24-25-7-3-2-4-8-25)23-34(31)40-35(32)28-11-13-29(36)14-12-28/h2-4,7-16,22-23H,5-6,17-21,24,36H2,1H3. The number of rotatable bonds is 10. The summed E-state index contributed by atoms with van der Waals surface area (Å²) in [6, 6.07) is 31.8. The molecule has 0 bridgehead atoms. The zero-order valence-corrected chi connectivity index (χ0v) is 23.9. The Kier molecular flexibility index (Phi) is 8.03. The van der Waals surface area contributed by atoms with E-state index in [-0.39, 0.29) is 0 Å². The molecule has 0 aliphatic carbocycles. The second kappa shape index (κ2) is 12.2. The largest absolute Gasteiger partial charge is 0.496 e. The number of anilines is 1. The molecule has 4 nitrogen and oxygen atoms in total. The van der Waals surface area contributed by atoms with Crippen LogP contribution in [0, 0.1) is 0 Å². The van der Waals surface area contributed by atoms with Crippen LogP contribution in [0.15, 0.2) is 91.0 Å². The van der Waals surface area contributed by atoms with Gasteiger partial charge < -0.3 is 20.1 Å². The van der Waals surface area contributed by atoms with Gasteiger partial charge in [-0.25, -0.2) is 0 Å². The van der Waals surface area contributed by atoms with E-state index in [4.69, 9.17) is 15.2 Å². The molecule has 6 rings (SSSR count). The highest BCUT2D eigenvalue weighted by Crippen LogP contribution is 2.42. The van der Waals surface area contributed by atoms with Crippen LogP contribution in [0.1, 0.15) is 35.1 Å². The number of likely N-dealkylation sites (tertiary alicyclic amines) is 1. The molecule has 0 amide bonds. The van der Waals surface area contributed by atoms with Crippen LogP contribution in [0.2, 0.25) is 0 Å². The Hall–Kier alpha value is -3.80. The van der Waals surface area contributed by atoms with Gasteiger partial charge in [0.2, 0.25) is 0 Å². The first kappa shape index (κ1) is 26.4. The molecule has 40 heavy (non-hydrogen) atoms. The average Bonchev–Trinajstić information content (AvgIpc) is 3.64. The number of ether oxygens (including phenoxy) is 2. The van der Waals surface area contributed by atoms with Crippen molar-refractivity contribution in [3.05, 3.63) is 113 Å². The second-order valence-electron chi connectivity index (χ2n) is 10.6. The molecule has 1 aliphatic heterocycles. The molecule has 2 heterocycles. The molecule has 204 valence electrons. The minimum atomic E-state index is 0.555. The summed E-state index contributed by atoms with van der Waals surface area (Å²) in [5.41, 5.74) is 13.0. The van der Waals surface area contributed by atoms with E-state index >= 15 is 0 Å². The van der Waals surface area contributed by atoms with E-state index < -0.39 is 0 Å². The topological polar surface area (TPSA) is 47.7 Å². The van der Waals surface area contributed by atoms with Crippen LogP contribution in [0.4, 0.5) is 5.69 Å². The zero-order chi connectivity index (χ0) is 27.3. The van der Waals surface area contributed by atoms with Crippen molar-refractivity contribution >= 4 is 27.1 Å². The molecule has 0 saturated carbocycles. The molecule has 5 aromatic rings. The maximum atomic E-state index is 6.16. The van der Waals surface area contributed by atoms with Crippen molar-refractivity contribution in [3.8, 4) is 21.9 Å². The lowest BCUT2D eigenvalue weighted by Gasteiger charge is -2.16. The normalized spacial score (nSPS) is 13.6. The molecule has 1 saturated heterocycles. The first-order valence-electron chi connectivity index (χ1n) is 14.1. The molecule has 5 heteroatoms. The third-order valence-electron chi connectivity index (χ3n) is 7.81. The monoisotopic (exact) mass is 548 g/mol. The van der Waals surface area contributed by atoms with Gasteiger partial charge in [-0.1, -0.05) is 54.6 Å². The maximum Gasteiger partial charge on any atom is 0.122 e. The van der Waals surface area contributed by atoms with Gasteiger partial charge in [-0.2, -0.15) is 0 Å². The third-order valence-corrected chi connectivity index (χ3v) is 9.06. The summed E-state index contributed by atoms with van der Waals surface area (Å²) in [7, 11) is 1.79. The van der Waals surface area contributed by atoms with Crippen molar-refractivity contribution in [1.29, 1.82) is 0 Å². The molecule has 0 atom stereocenters. The summed E-state index contributed by atoms with van der Waals surface area (Å²) in [5.74, 6) is 1.87. The van der Waals surface area contributed by atoms with Crippen LogP contribution in [0.5, 0.6) is 11.5 Å². The Bertz CT molecular complexity index is 1570. The molecule has 1 aliphatic rings. The van der Waals surface area contributed by atoms with E-state index in [1.165, 1.54) is 63.1 Å². The Morgan fingerprint density at radius 3 is 2.42 bits per heavy atom. The van der Waals surface area contributed by atoms with Gasteiger partial charge in [0, 0.05) is 21.8 Å². The molecule has 1 fully saturated rings. The number of nitrogen functional groups attached to an aromatic ring is 1. The molecule has 2 N–H and O–H groups in total. The van der Waals surface area contributed by atoms with E-state index in [0.717, 1.165) is 42.1 Å². The molecule has 4 aromatic carbocycles. The summed E-state index contributed by atoms with van der Waals surface area (Å²) in [6.45, 7) is 4.09. The number of fused-ring (bicyclic) bond motifs is 1. The third kappa shape index (κ3) is 6.01. The van der Waals surface area contributed by atoms with E-state index in [9.17, 15) is 0 Å². The Morgan fingerprint density at radius 1 is 0.850 bits per heavy atom. The molecule has 0 radical (unpaired) electrons. The Morgan fingerprint density at radius 2 is 1.65 bits per heavy atom.